The molecule has 0 saturated heterocycles. The van der Waals surface area contributed by atoms with E-state index >= 15 is 0 Å². The highest BCUT2D eigenvalue weighted by Gasteiger charge is 2.22. The van der Waals surface area contributed by atoms with Gasteiger partial charge in [-0.05, 0) is 66.4 Å². The molecule has 37 heavy (non-hydrogen) atoms. The molecule has 186 valence electrons. The molecule has 3 N–H and O–H groups in total. The number of hydrogen-bond acceptors (Lipinski definition) is 3. The van der Waals surface area contributed by atoms with E-state index in [1.54, 1.807) is 30.6 Å². The SMILES string of the molecule is Cc1ccc(-c2cccnc2C(Cc2cc(F)cc(F)c2)NC(=O)Cc2c[nH]c3ccc(O)cc23)cc1. The quantitative estimate of drug-likeness (QED) is 0.252. The second-order valence-corrected chi connectivity index (χ2v) is 9.12. The zero-order valence-corrected chi connectivity index (χ0v) is 20.1. The molecule has 0 fully saturated rings. The lowest BCUT2D eigenvalue weighted by atomic mass is 9.95. The first-order valence-corrected chi connectivity index (χ1v) is 11.9. The van der Waals surface area contributed by atoms with Crippen molar-refractivity contribution in [3.05, 3.63) is 119 Å². The third-order valence-electron chi connectivity index (χ3n) is 6.33. The van der Waals surface area contributed by atoms with Gasteiger partial charge in [0.2, 0.25) is 5.91 Å². The Labute approximate surface area is 212 Å². The van der Waals surface area contributed by atoms with Gasteiger partial charge in [0.15, 0.2) is 0 Å². The highest BCUT2D eigenvalue weighted by Crippen LogP contribution is 2.30. The summed E-state index contributed by atoms with van der Waals surface area (Å²) in [4.78, 5) is 21.0. The molecule has 0 aliphatic carbocycles. The van der Waals surface area contributed by atoms with Crippen LogP contribution >= 0.6 is 0 Å². The van der Waals surface area contributed by atoms with Gasteiger partial charge in [0.1, 0.15) is 17.4 Å². The molecule has 7 heteroatoms. The second kappa shape index (κ2) is 10.2. The lowest BCUT2D eigenvalue weighted by Gasteiger charge is -2.22. The number of aromatic nitrogens is 2. The Balaban J connectivity index is 1.49. The number of aryl methyl sites for hydroxylation is 1. The average Bonchev–Trinajstić information content (AvgIpc) is 3.25. The number of fused-ring (bicyclic) bond motifs is 1. The predicted molar refractivity (Wildman–Crippen MR) is 139 cm³/mol. The number of phenols is 1. The highest BCUT2D eigenvalue weighted by molar-refractivity contribution is 5.90. The number of pyridine rings is 1. The summed E-state index contributed by atoms with van der Waals surface area (Å²) in [5.41, 5.74) is 5.38. The van der Waals surface area contributed by atoms with Crippen molar-refractivity contribution in [1.82, 2.24) is 15.3 Å². The number of rotatable bonds is 7. The number of amides is 1. The normalized spacial score (nSPS) is 12.0. The van der Waals surface area contributed by atoms with Crippen molar-refractivity contribution in [2.75, 3.05) is 0 Å². The first kappa shape index (κ1) is 24.2. The molecule has 0 spiro atoms. The van der Waals surface area contributed by atoms with E-state index in [1.165, 1.54) is 12.1 Å². The van der Waals surface area contributed by atoms with Crippen molar-refractivity contribution in [1.29, 1.82) is 0 Å². The number of benzene rings is 3. The average molecular weight is 498 g/mol. The van der Waals surface area contributed by atoms with E-state index in [4.69, 9.17) is 0 Å². The van der Waals surface area contributed by atoms with Crippen LogP contribution < -0.4 is 5.32 Å². The van der Waals surface area contributed by atoms with Crippen molar-refractivity contribution < 1.29 is 18.7 Å². The molecule has 2 heterocycles. The molecule has 5 aromatic rings. The monoisotopic (exact) mass is 497 g/mol. The van der Waals surface area contributed by atoms with Crippen LogP contribution in [0.5, 0.6) is 5.75 Å². The first-order valence-electron chi connectivity index (χ1n) is 11.9. The van der Waals surface area contributed by atoms with E-state index in [2.05, 4.69) is 15.3 Å². The fourth-order valence-corrected chi connectivity index (χ4v) is 4.58. The van der Waals surface area contributed by atoms with Gasteiger partial charge in [-0.3, -0.25) is 9.78 Å². The molecule has 1 atom stereocenters. The summed E-state index contributed by atoms with van der Waals surface area (Å²) in [7, 11) is 0. The zero-order valence-electron chi connectivity index (χ0n) is 20.1. The van der Waals surface area contributed by atoms with Crippen LogP contribution in [0.3, 0.4) is 0 Å². The molecule has 1 amide bonds. The number of aromatic amines is 1. The van der Waals surface area contributed by atoms with E-state index in [0.29, 0.717) is 11.3 Å². The molecule has 2 aromatic heterocycles. The molecule has 0 aliphatic rings. The lowest BCUT2D eigenvalue weighted by molar-refractivity contribution is -0.121. The molecule has 5 rings (SSSR count). The maximum absolute atomic E-state index is 14.0. The van der Waals surface area contributed by atoms with Gasteiger partial charge in [0.05, 0.1) is 18.2 Å². The van der Waals surface area contributed by atoms with Crippen LogP contribution in [-0.2, 0) is 17.6 Å². The Morgan fingerprint density at radius 3 is 2.54 bits per heavy atom. The van der Waals surface area contributed by atoms with Crippen LogP contribution in [-0.4, -0.2) is 21.0 Å². The zero-order chi connectivity index (χ0) is 25.9. The van der Waals surface area contributed by atoms with Crippen molar-refractivity contribution in [2.45, 2.75) is 25.8 Å². The summed E-state index contributed by atoms with van der Waals surface area (Å²) in [6.07, 6.45) is 3.56. The van der Waals surface area contributed by atoms with Gasteiger partial charge in [0.25, 0.3) is 0 Å². The number of H-pyrrole nitrogens is 1. The number of carbonyl (C=O) groups is 1. The maximum Gasteiger partial charge on any atom is 0.225 e. The van der Waals surface area contributed by atoms with Gasteiger partial charge in [-0.2, -0.15) is 0 Å². The van der Waals surface area contributed by atoms with E-state index in [0.717, 1.165) is 39.2 Å². The standard InChI is InChI=1S/C30H25F2N3O2/c1-18-4-6-20(7-5-18)25-3-2-10-33-30(25)28(13-19-11-22(31)15-23(32)12-19)35-29(37)14-21-17-34-27-9-8-24(36)16-26(21)27/h2-12,15-17,28,34,36H,13-14H2,1H3,(H,35,37). The lowest BCUT2D eigenvalue weighted by Crippen LogP contribution is -2.32. The predicted octanol–water partition coefficient (Wildman–Crippen LogP) is 6.16. The second-order valence-electron chi connectivity index (χ2n) is 9.12. The minimum atomic E-state index is -0.682. The van der Waals surface area contributed by atoms with Crippen molar-refractivity contribution >= 4 is 16.8 Å². The molecule has 0 bridgehead atoms. The Kier molecular flexibility index (Phi) is 6.68. The fraction of sp³-hybridized carbons (Fsp3) is 0.133. The molecular weight excluding hydrogens is 472 g/mol. The summed E-state index contributed by atoms with van der Waals surface area (Å²) in [6.45, 7) is 2.00. The van der Waals surface area contributed by atoms with E-state index in [-0.39, 0.29) is 24.5 Å². The first-order chi connectivity index (χ1) is 17.9. The molecule has 0 aliphatic heterocycles. The van der Waals surface area contributed by atoms with Gasteiger partial charge in [-0.25, -0.2) is 8.78 Å². The van der Waals surface area contributed by atoms with Crippen LogP contribution in [0.2, 0.25) is 0 Å². The Morgan fingerprint density at radius 2 is 1.78 bits per heavy atom. The molecule has 0 radical (unpaired) electrons. The minimum Gasteiger partial charge on any atom is -0.508 e. The molecule has 0 saturated carbocycles. The van der Waals surface area contributed by atoms with Crippen LogP contribution in [0.15, 0.2) is 85.2 Å². The summed E-state index contributed by atoms with van der Waals surface area (Å²) in [5, 5.41) is 13.7. The van der Waals surface area contributed by atoms with Gasteiger partial charge >= 0.3 is 0 Å². The summed E-state index contributed by atoms with van der Waals surface area (Å²) < 4.78 is 28.0. The number of aromatic hydroxyl groups is 1. The Hall–Kier alpha value is -4.52. The number of phenolic OH excluding ortho intramolecular Hbond substituents is 1. The summed E-state index contributed by atoms with van der Waals surface area (Å²) >= 11 is 0. The third kappa shape index (κ3) is 5.51. The third-order valence-corrected chi connectivity index (χ3v) is 6.33. The highest BCUT2D eigenvalue weighted by atomic mass is 19.1. The number of nitrogens with zero attached hydrogens (tertiary/aromatic N) is 1. The maximum atomic E-state index is 14.0. The van der Waals surface area contributed by atoms with E-state index < -0.39 is 17.7 Å². The summed E-state index contributed by atoms with van der Waals surface area (Å²) in [5.74, 6) is -1.54. The van der Waals surface area contributed by atoms with Crippen molar-refractivity contribution in [3.8, 4) is 16.9 Å². The van der Waals surface area contributed by atoms with Gasteiger partial charge in [-0.1, -0.05) is 35.9 Å². The topological polar surface area (TPSA) is 78.0 Å². The summed E-state index contributed by atoms with van der Waals surface area (Å²) in [6, 6.07) is 19.3. The Bertz CT molecular complexity index is 1560. The fourth-order valence-electron chi connectivity index (χ4n) is 4.58. The largest absolute Gasteiger partial charge is 0.508 e. The van der Waals surface area contributed by atoms with Gasteiger partial charge in [0, 0.05) is 34.9 Å². The van der Waals surface area contributed by atoms with Crippen LogP contribution in [0.4, 0.5) is 8.78 Å². The smallest absolute Gasteiger partial charge is 0.225 e. The van der Waals surface area contributed by atoms with Crippen LogP contribution in [0, 0.1) is 18.6 Å². The number of hydrogen-bond donors (Lipinski definition) is 3. The molecule has 1 unspecified atom stereocenters. The van der Waals surface area contributed by atoms with Gasteiger partial charge < -0.3 is 15.4 Å². The van der Waals surface area contributed by atoms with Crippen molar-refractivity contribution in [3.63, 3.8) is 0 Å². The molecular formula is C30H25F2N3O2. The molecule has 3 aromatic carbocycles. The number of halogens is 2. The van der Waals surface area contributed by atoms with Crippen LogP contribution in [0.25, 0.3) is 22.0 Å². The van der Waals surface area contributed by atoms with Crippen LogP contribution in [0.1, 0.15) is 28.4 Å². The molecule has 5 nitrogen and oxygen atoms in total. The van der Waals surface area contributed by atoms with Crippen molar-refractivity contribution in [2.24, 2.45) is 0 Å². The number of carbonyl (C=O) groups excluding carboxylic acids is 1. The van der Waals surface area contributed by atoms with E-state index in [1.807, 2.05) is 43.3 Å². The Morgan fingerprint density at radius 1 is 1.03 bits per heavy atom. The van der Waals surface area contributed by atoms with E-state index in [9.17, 15) is 18.7 Å². The number of nitrogens with one attached hydrogen (secondary N) is 2. The van der Waals surface area contributed by atoms with Gasteiger partial charge in [-0.15, -0.1) is 0 Å². The minimum absolute atomic E-state index is 0.0458.